The lowest BCUT2D eigenvalue weighted by molar-refractivity contribution is -0.129. The van der Waals surface area contributed by atoms with E-state index in [1.807, 2.05) is 23.2 Å². The van der Waals surface area contributed by atoms with Crippen LogP contribution in [-0.4, -0.2) is 63.1 Å². The van der Waals surface area contributed by atoms with Crippen LogP contribution in [0.1, 0.15) is 47.6 Å². The summed E-state index contributed by atoms with van der Waals surface area (Å²) in [5.41, 5.74) is 6.38. The topological polar surface area (TPSA) is 105 Å². The molecule has 0 spiro atoms. The van der Waals surface area contributed by atoms with Gasteiger partial charge in [0, 0.05) is 73.6 Å². The molecule has 6 rings (SSSR count). The van der Waals surface area contributed by atoms with Crippen molar-refractivity contribution < 1.29 is 9.59 Å². The van der Waals surface area contributed by atoms with Crippen LogP contribution in [0.5, 0.6) is 0 Å². The van der Waals surface area contributed by atoms with E-state index in [1.165, 1.54) is 5.69 Å². The molecule has 0 atom stereocenters. The summed E-state index contributed by atoms with van der Waals surface area (Å²) in [6.45, 7) is 4.94. The summed E-state index contributed by atoms with van der Waals surface area (Å²) < 4.78 is 2.25. The number of carbonyl (C=O) groups is 2. The molecule has 2 aliphatic heterocycles. The van der Waals surface area contributed by atoms with Crippen molar-refractivity contribution in [3.8, 4) is 22.5 Å². The molecule has 1 saturated heterocycles. The molecule has 38 heavy (non-hydrogen) atoms. The summed E-state index contributed by atoms with van der Waals surface area (Å²) in [4.78, 5) is 35.1. The lowest BCUT2D eigenvalue weighted by Crippen LogP contribution is -2.36. The van der Waals surface area contributed by atoms with Crippen LogP contribution in [0.4, 0.5) is 0 Å². The highest BCUT2D eigenvalue weighted by Gasteiger charge is 2.30. The molecular weight excluding hydrogens is 478 g/mol. The molecule has 0 aliphatic carbocycles. The molecule has 2 amide bonds. The van der Waals surface area contributed by atoms with Gasteiger partial charge in [0.2, 0.25) is 5.91 Å². The maximum Gasteiger partial charge on any atom is 0.269 e. The SMILES string of the molecule is CNC(=O)c1ccc(-c2cc3cccc(-c4nn(C5CCNCC5)c5c4CN(C(C)=O)CC5)c3cn2)cn1. The molecular formula is C29H31N7O2. The summed E-state index contributed by atoms with van der Waals surface area (Å²) in [6, 6.07) is 12.2. The van der Waals surface area contributed by atoms with Crippen LogP contribution in [0.15, 0.2) is 48.8 Å². The number of rotatable bonds is 4. The minimum atomic E-state index is -0.219. The third-order valence-corrected chi connectivity index (χ3v) is 7.72. The third kappa shape index (κ3) is 4.32. The zero-order chi connectivity index (χ0) is 26.2. The third-order valence-electron chi connectivity index (χ3n) is 7.72. The predicted octanol–water partition coefficient (Wildman–Crippen LogP) is 3.35. The number of aromatic nitrogens is 4. The minimum Gasteiger partial charge on any atom is -0.354 e. The summed E-state index contributed by atoms with van der Waals surface area (Å²) in [7, 11) is 1.59. The Morgan fingerprint density at radius 2 is 1.92 bits per heavy atom. The van der Waals surface area contributed by atoms with Gasteiger partial charge in [0.1, 0.15) is 5.69 Å². The Hall–Kier alpha value is -4.11. The average molecular weight is 510 g/mol. The molecule has 4 aromatic rings. The van der Waals surface area contributed by atoms with Crippen LogP contribution in [0, 0.1) is 0 Å². The maximum absolute atomic E-state index is 12.3. The minimum absolute atomic E-state index is 0.0940. The Balaban J connectivity index is 1.42. The Kier molecular flexibility index (Phi) is 6.37. The molecule has 9 nitrogen and oxygen atoms in total. The maximum atomic E-state index is 12.3. The van der Waals surface area contributed by atoms with Gasteiger partial charge < -0.3 is 15.5 Å². The number of fused-ring (bicyclic) bond motifs is 2. The summed E-state index contributed by atoms with van der Waals surface area (Å²) in [5, 5.41) is 13.3. The van der Waals surface area contributed by atoms with Gasteiger partial charge in [-0.15, -0.1) is 0 Å². The average Bonchev–Trinajstić information content (AvgIpc) is 3.35. The number of carbonyl (C=O) groups excluding carboxylic acids is 2. The van der Waals surface area contributed by atoms with Crippen molar-refractivity contribution in [2.75, 3.05) is 26.7 Å². The summed E-state index contributed by atoms with van der Waals surface area (Å²) in [6.07, 6.45) is 6.50. The van der Waals surface area contributed by atoms with Crippen molar-refractivity contribution in [3.05, 3.63) is 65.7 Å². The molecule has 0 bridgehead atoms. The number of hydrogen-bond donors (Lipinski definition) is 2. The van der Waals surface area contributed by atoms with E-state index in [1.54, 1.807) is 26.2 Å². The Labute approximate surface area is 221 Å². The highest BCUT2D eigenvalue weighted by Crippen LogP contribution is 2.37. The fourth-order valence-electron chi connectivity index (χ4n) is 5.63. The van der Waals surface area contributed by atoms with Crippen LogP contribution < -0.4 is 10.6 Å². The molecule has 9 heteroatoms. The lowest BCUT2D eigenvalue weighted by atomic mass is 9.96. The smallest absolute Gasteiger partial charge is 0.269 e. The molecule has 1 fully saturated rings. The second kappa shape index (κ2) is 9.98. The second-order valence-corrected chi connectivity index (χ2v) is 10.00. The van der Waals surface area contributed by atoms with Gasteiger partial charge in [0.25, 0.3) is 5.91 Å². The number of hydrogen-bond acceptors (Lipinski definition) is 6. The Bertz CT molecular complexity index is 1520. The van der Waals surface area contributed by atoms with Gasteiger partial charge in [-0.25, -0.2) is 0 Å². The Morgan fingerprint density at radius 3 is 2.66 bits per heavy atom. The highest BCUT2D eigenvalue weighted by atomic mass is 16.2. The summed E-state index contributed by atoms with van der Waals surface area (Å²) >= 11 is 0. The quantitative estimate of drug-likeness (QED) is 0.437. The zero-order valence-electron chi connectivity index (χ0n) is 21.7. The summed E-state index contributed by atoms with van der Waals surface area (Å²) in [5.74, 6) is -0.125. The highest BCUT2D eigenvalue weighted by molar-refractivity contribution is 5.98. The number of piperidine rings is 1. The number of nitrogens with one attached hydrogen (secondary N) is 2. The van der Waals surface area contributed by atoms with Gasteiger partial charge in [-0.05, 0) is 49.5 Å². The van der Waals surface area contributed by atoms with Crippen molar-refractivity contribution in [3.63, 3.8) is 0 Å². The number of benzene rings is 1. The van der Waals surface area contributed by atoms with Crippen LogP contribution in [-0.2, 0) is 17.8 Å². The van der Waals surface area contributed by atoms with Crippen LogP contribution >= 0.6 is 0 Å². The fraction of sp³-hybridized carbons (Fsp3) is 0.345. The first-order chi connectivity index (χ1) is 18.5. The molecule has 3 aromatic heterocycles. The first-order valence-corrected chi connectivity index (χ1v) is 13.2. The number of amides is 2. The van der Waals surface area contributed by atoms with E-state index in [9.17, 15) is 9.59 Å². The van der Waals surface area contributed by atoms with E-state index in [0.29, 0.717) is 18.3 Å². The molecule has 1 aromatic carbocycles. The van der Waals surface area contributed by atoms with E-state index in [4.69, 9.17) is 10.1 Å². The van der Waals surface area contributed by atoms with Crippen LogP contribution in [0.25, 0.3) is 33.3 Å². The van der Waals surface area contributed by atoms with Gasteiger partial charge in [-0.2, -0.15) is 5.10 Å². The second-order valence-electron chi connectivity index (χ2n) is 10.00. The van der Waals surface area contributed by atoms with Crippen LogP contribution in [0.2, 0.25) is 0 Å². The van der Waals surface area contributed by atoms with Gasteiger partial charge in [-0.3, -0.25) is 24.2 Å². The van der Waals surface area contributed by atoms with E-state index >= 15 is 0 Å². The monoisotopic (exact) mass is 509 g/mol. The largest absolute Gasteiger partial charge is 0.354 e. The molecule has 0 saturated carbocycles. The molecule has 194 valence electrons. The van der Waals surface area contributed by atoms with E-state index in [-0.39, 0.29) is 11.8 Å². The fourth-order valence-corrected chi connectivity index (χ4v) is 5.63. The van der Waals surface area contributed by atoms with Crippen molar-refractivity contribution in [1.29, 1.82) is 0 Å². The molecule has 0 unspecified atom stereocenters. The van der Waals surface area contributed by atoms with Gasteiger partial charge in [-0.1, -0.05) is 18.2 Å². The number of nitrogens with zero attached hydrogens (tertiary/aromatic N) is 5. The first-order valence-electron chi connectivity index (χ1n) is 13.2. The van der Waals surface area contributed by atoms with Gasteiger partial charge in [0.05, 0.1) is 17.4 Å². The molecule has 0 radical (unpaired) electrons. The molecule has 5 heterocycles. The predicted molar refractivity (Wildman–Crippen MR) is 146 cm³/mol. The van der Waals surface area contributed by atoms with Crippen molar-refractivity contribution in [1.82, 2.24) is 35.3 Å². The Morgan fingerprint density at radius 1 is 1.08 bits per heavy atom. The lowest BCUT2D eigenvalue weighted by Gasteiger charge is -2.29. The first kappa shape index (κ1) is 24.2. The van der Waals surface area contributed by atoms with Crippen molar-refractivity contribution in [2.45, 2.75) is 38.8 Å². The van der Waals surface area contributed by atoms with E-state index in [2.05, 4.69) is 38.5 Å². The van der Waals surface area contributed by atoms with Crippen LogP contribution in [0.3, 0.4) is 0 Å². The van der Waals surface area contributed by atoms with E-state index in [0.717, 1.165) is 77.7 Å². The number of pyridine rings is 2. The van der Waals surface area contributed by atoms with Gasteiger partial charge >= 0.3 is 0 Å². The van der Waals surface area contributed by atoms with Crippen molar-refractivity contribution >= 4 is 22.6 Å². The zero-order valence-corrected chi connectivity index (χ0v) is 21.7. The van der Waals surface area contributed by atoms with Gasteiger partial charge in [0.15, 0.2) is 0 Å². The molecule has 2 aliphatic rings. The van der Waals surface area contributed by atoms with E-state index < -0.39 is 0 Å². The standard InChI is InChI=1S/C29H31N7O2/c1-18(37)35-13-10-27-24(17-35)28(34-36(27)21-8-11-31-12-9-21)22-5-3-4-19-14-26(33-16-23(19)22)20-6-7-25(32-15-20)29(38)30-2/h3-7,14-16,21,31H,8-13,17H2,1-2H3,(H,30,38). The molecule has 2 N–H and O–H groups in total. The van der Waals surface area contributed by atoms with Crippen molar-refractivity contribution in [2.24, 2.45) is 0 Å². The normalized spacial score (nSPS) is 15.9.